The van der Waals surface area contributed by atoms with Crippen molar-refractivity contribution in [1.82, 2.24) is 9.80 Å². The first-order chi connectivity index (χ1) is 14.7. The van der Waals surface area contributed by atoms with Crippen LogP contribution < -0.4 is 5.43 Å². The van der Waals surface area contributed by atoms with Crippen LogP contribution in [0, 0.1) is 5.41 Å². The number of rotatable bonds is 6. The molecule has 2 aromatic rings. The quantitative estimate of drug-likeness (QED) is 0.567. The zero-order chi connectivity index (χ0) is 21.2. The van der Waals surface area contributed by atoms with Crippen molar-refractivity contribution in [2.75, 3.05) is 31.6 Å². The molecule has 0 saturated carbocycles. The van der Waals surface area contributed by atoms with Gasteiger partial charge >= 0.3 is 6.09 Å². The summed E-state index contributed by atoms with van der Waals surface area (Å²) in [7, 11) is 0. The lowest BCUT2D eigenvalue weighted by Crippen LogP contribution is -2.37. The molecular formula is C22H25N5O3. The number of carbonyl (C=O) groups excluding carboxylic acids is 2. The Balaban J connectivity index is 1.58. The second kappa shape index (κ2) is 10.8. The van der Waals surface area contributed by atoms with E-state index in [1.54, 1.807) is 28.0 Å². The highest BCUT2D eigenvalue weighted by atomic mass is 16.6. The third-order valence-electron chi connectivity index (χ3n) is 4.74. The number of nitrogens with one attached hydrogen (secondary N) is 2. The summed E-state index contributed by atoms with van der Waals surface area (Å²) in [6.45, 7) is 2.17. The first-order valence-corrected chi connectivity index (χ1v) is 9.81. The lowest BCUT2D eigenvalue weighted by molar-refractivity contribution is 0.0750. The van der Waals surface area contributed by atoms with Gasteiger partial charge in [-0.15, -0.1) is 0 Å². The molecule has 0 aromatic heterocycles. The monoisotopic (exact) mass is 407 g/mol. The van der Waals surface area contributed by atoms with Crippen molar-refractivity contribution in [2.24, 2.45) is 5.10 Å². The number of ether oxygens (including phenoxy) is 1. The number of nitrogens with zero attached hydrogens (tertiary/aromatic N) is 3. The second-order valence-electron chi connectivity index (χ2n) is 6.78. The van der Waals surface area contributed by atoms with Crippen LogP contribution in [0.15, 0.2) is 59.7 Å². The SMILES string of the molecule is N=C/C=N\Nc1ccccc1C(=O)N1CCCN(C(=O)OCc2ccccc2)CC1. The minimum Gasteiger partial charge on any atom is -0.445 e. The Morgan fingerprint density at radius 1 is 1.00 bits per heavy atom. The smallest absolute Gasteiger partial charge is 0.410 e. The number of hydrogen-bond acceptors (Lipinski definition) is 6. The Kier molecular flexibility index (Phi) is 7.54. The van der Waals surface area contributed by atoms with Gasteiger partial charge in [-0.2, -0.15) is 5.10 Å². The summed E-state index contributed by atoms with van der Waals surface area (Å²) in [6.07, 6.45) is 2.66. The number of benzene rings is 2. The van der Waals surface area contributed by atoms with Crippen molar-refractivity contribution in [3.63, 3.8) is 0 Å². The van der Waals surface area contributed by atoms with Crippen LogP contribution in [0.25, 0.3) is 0 Å². The lowest BCUT2D eigenvalue weighted by Gasteiger charge is -2.22. The van der Waals surface area contributed by atoms with Gasteiger partial charge in [0.25, 0.3) is 5.91 Å². The fourth-order valence-electron chi connectivity index (χ4n) is 3.20. The van der Waals surface area contributed by atoms with Crippen LogP contribution in [-0.2, 0) is 11.3 Å². The molecule has 2 aromatic carbocycles. The highest BCUT2D eigenvalue weighted by molar-refractivity contribution is 6.14. The summed E-state index contributed by atoms with van der Waals surface area (Å²) in [5.74, 6) is -0.123. The molecule has 30 heavy (non-hydrogen) atoms. The van der Waals surface area contributed by atoms with Crippen LogP contribution in [0.1, 0.15) is 22.3 Å². The molecule has 1 fully saturated rings. The molecule has 0 unspecified atom stereocenters. The standard InChI is InChI=1S/C22H25N5O3/c23-11-12-24-25-20-10-5-4-9-19(20)21(28)26-13-6-14-27(16-15-26)22(29)30-17-18-7-2-1-3-8-18/h1-5,7-12,23,25H,6,13-17H2/b23-11?,24-12-. The molecule has 0 bridgehead atoms. The van der Waals surface area contributed by atoms with Gasteiger partial charge in [-0.1, -0.05) is 42.5 Å². The maximum Gasteiger partial charge on any atom is 0.410 e. The Morgan fingerprint density at radius 2 is 1.70 bits per heavy atom. The van der Waals surface area contributed by atoms with Crippen molar-refractivity contribution in [2.45, 2.75) is 13.0 Å². The largest absolute Gasteiger partial charge is 0.445 e. The molecule has 8 heteroatoms. The summed E-state index contributed by atoms with van der Waals surface area (Å²) in [4.78, 5) is 28.9. The number of para-hydroxylation sites is 1. The normalized spacial score (nSPS) is 14.3. The number of hydrogen-bond donors (Lipinski definition) is 2. The van der Waals surface area contributed by atoms with Gasteiger partial charge in [0.15, 0.2) is 0 Å². The zero-order valence-electron chi connectivity index (χ0n) is 16.7. The van der Waals surface area contributed by atoms with Gasteiger partial charge in [0.1, 0.15) is 6.61 Å². The van der Waals surface area contributed by atoms with Gasteiger partial charge in [0, 0.05) is 32.4 Å². The van der Waals surface area contributed by atoms with Crippen molar-refractivity contribution in [1.29, 1.82) is 5.41 Å². The molecule has 3 rings (SSSR count). The molecular weight excluding hydrogens is 382 g/mol. The van der Waals surface area contributed by atoms with E-state index in [0.29, 0.717) is 43.9 Å². The van der Waals surface area contributed by atoms with Crippen molar-refractivity contribution < 1.29 is 14.3 Å². The Hall–Kier alpha value is -3.68. The second-order valence-corrected chi connectivity index (χ2v) is 6.78. The summed E-state index contributed by atoms with van der Waals surface area (Å²) < 4.78 is 5.42. The van der Waals surface area contributed by atoms with Gasteiger partial charge in [0.05, 0.1) is 17.5 Å². The molecule has 0 spiro atoms. The van der Waals surface area contributed by atoms with E-state index in [1.807, 2.05) is 36.4 Å². The van der Waals surface area contributed by atoms with Gasteiger partial charge in [-0.05, 0) is 24.1 Å². The van der Waals surface area contributed by atoms with Gasteiger partial charge in [-0.3, -0.25) is 10.2 Å². The number of anilines is 1. The molecule has 0 aliphatic carbocycles. The summed E-state index contributed by atoms with van der Waals surface area (Å²) in [6, 6.07) is 16.7. The van der Waals surface area contributed by atoms with E-state index in [1.165, 1.54) is 6.21 Å². The van der Waals surface area contributed by atoms with Crippen molar-refractivity contribution >= 4 is 30.1 Å². The fraction of sp³-hybridized carbons (Fsp3) is 0.273. The van der Waals surface area contributed by atoms with Gasteiger partial charge < -0.3 is 19.9 Å². The molecule has 1 saturated heterocycles. The molecule has 156 valence electrons. The summed E-state index contributed by atoms with van der Waals surface area (Å²) >= 11 is 0. The van der Waals surface area contributed by atoms with E-state index in [-0.39, 0.29) is 18.6 Å². The average molecular weight is 407 g/mol. The fourth-order valence-corrected chi connectivity index (χ4v) is 3.20. The third kappa shape index (κ3) is 5.66. The van der Waals surface area contributed by atoms with E-state index < -0.39 is 0 Å². The van der Waals surface area contributed by atoms with E-state index in [9.17, 15) is 9.59 Å². The molecule has 8 nitrogen and oxygen atoms in total. The molecule has 0 atom stereocenters. The summed E-state index contributed by atoms with van der Waals surface area (Å²) in [5.41, 5.74) is 4.81. The van der Waals surface area contributed by atoms with E-state index in [4.69, 9.17) is 10.1 Å². The lowest BCUT2D eigenvalue weighted by atomic mass is 10.1. The van der Waals surface area contributed by atoms with Crippen molar-refractivity contribution in [3.05, 3.63) is 65.7 Å². The highest BCUT2D eigenvalue weighted by Crippen LogP contribution is 2.18. The molecule has 1 aliphatic heterocycles. The Labute approximate surface area is 175 Å². The molecule has 1 aliphatic rings. The first-order valence-electron chi connectivity index (χ1n) is 9.81. The summed E-state index contributed by atoms with van der Waals surface area (Å²) in [5, 5.41) is 10.9. The van der Waals surface area contributed by atoms with Gasteiger partial charge in [0.2, 0.25) is 0 Å². The maximum atomic E-state index is 13.0. The predicted octanol–water partition coefficient (Wildman–Crippen LogP) is 3.22. The number of amides is 2. The molecule has 2 N–H and O–H groups in total. The Bertz CT molecular complexity index is 901. The minimum atomic E-state index is -0.365. The van der Waals surface area contributed by atoms with Crippen LogP contribution >= 0.6 is 0 Å². The van der Waals surface area contributed by atoms with E-state index in [0.717, 1.165) is 11.8 Å². The topological polar surface area (TPSA) is 98.1 Å². The van der Waals surface area contributed by atoms with Crippen LogP contribution in [0.2, 0.25) is 0 Å². The Morgan fingerprint density at radius 3 is 2.50 bits per heavy atom. The third-order valence-corrected chi connectivity index (χ3v) is 4.74. The molecule has 0 radical (unpaired) electrons. The van der Waals surface area contributed by atoms with E-state index in [2.05, 4.69) is 10.5 Å². The molecule has 1 heterocycles. The van der Waals surface area contributed by atoms with Crippen LogP contribution in [0.4, 0.5) is 10.5 Å². The number of hydrazone groups is 1. The minimum absolute atomic E-state index is 0.123. The first kappa shape index (κ1) is 21.0. The predicted molar refractivity (Wildman–Crippen MR) is 116 cm³/mol. The van der Waals surface area contributed by atoms with Crippen LogP contribution in [0.3, 0.4) is 0 Å². The van der Waals surface area contributed by atoms with E-state index >= 15 is 0 Å². The molecule has 2 amide bonds. The number of carbonyl (C=O) groups is 2. The maximum absolute atomic E-state index is 13.0. The van der Waals surface area contributed by atoms with Crippen molar-refractivity contribution in [3.8, 4) is 0 Å². The average Bonchev–Trinajstić information content (AvgIpc) is 3.05. The van der Waals surface area contributed by atoms with Crippen LogP contribution in [-0.4, -0.2) is 60.4 Å². The van der Waals surface area contributed by atoms with Crippen LogP contribution in [0.5, 0.6) is 0 Å². The van der Waals surface area contributed by atoms with Gasteiger partial charge in [-0.25, -0.2) is 4.79 Å². The highest BCUT2D eigenvalue weighted by Gasteiger charge is 2.24. The zero-order valence-corrected chi connectivity index (χ0v) is 16.7.